The van der Waals surface area contributed by atoms with Gasteiger partial charge in [-0.15, -0.1) is 0 Å². The Morgan fingerprint density at radius 1 is 1.04 bits per heavy atom. The molecule has 2 fully saturated rings. The van der Waals surface area contributed by atoms with E-state index >= 15 is 0 Å². The highest BCUT2D eigenvalue weighted by atomic mass is 16.2. The fraction of sp³-hybridized carbons (Fsp3) is 0.526. The third-order valence-corrected chi connectivity index (χ3v) is 5.40. The van der Waals surface area contributed by atoms with Crippen LogP contribution in [0.1, 0.15) is 61.9 Å². The second-order valence-electron chi connectivity index (χ2n) is 6.94. The summed E-state index contributed by atoms with van der Waals surface area (Å²) in [5.74, 6) is 0.0998. The number of pyridine rings is 1. The Balaban J connectivity index is 1.63. The molecular weight excluding hydrogens is 300 g/mol. The quantitative estimate of drug-likeness (QED) is 0.863. The van der Waals surface area contributed by atoms with E-state index in [0.29, 0.717) is 17.8 Å². The highest BCUT2D eigenvalue weighted by molar-refractivity contribution is 5.93. The Bertz CT molecular complexity index is 669. The van der Waals surface area contributed by atoms with Gasteiger partial charge in [0.25, 0.3) is 5.91 Å². The van der Waals surface area contributed by atoms with Crippen LogP contribution in [0.15, 0.2) is 36.8 Å². The molecule has 4 rings (SSSR count). The van der Waals surface area contributed by atoms with Crippen LogP contribution in [0.5, 0.6) is 0 Å². The topological polar surface area (TPSA) is 51.0 Å². The fourth-order valence-electron chi connectivity index (χ4n) is 4.23. The zero-order chi connectivity index (χ0) is 16.4. The number of hydrogen-bond donors (Lipinski definition) is 0. The molecule has 24 heavy (non-hydrogen) atoms. The molecule has 0 saturated heterocycles. The Labute approximate surface area is 142 Å². The number of carbonyl (C=O) groups excluding carboxylic acids is 1. The Hall–Kier alpha value is -2.17. The van der Waals surface area contributed by atoms with E-state index in [0.717, 1.165) is 31.4 Å². The fourth-order valence-corrected chi connectivity index (χ4v) is 4.23. The van der Waals surface area contributed by atoms with Gasteiger partial charge in [-0.2, -0.15) is 5.10 Å². The number of aromatic nitrogens is 3. The summed E-state index contributed by atoms with van der Waals surface area (Å²) in [4.78, 5) is 19.8. The smallest absolute Gasteiger partial charge is 0.273 e. The van der Waals surface area contributed by atoms with Crippen LogP contribution in [0.25, 0.3) is 5.69 Å². The van der Waals surface area contributed by atoms with Gasteiger partial charge in [0.05, 0.1) is 5.69 Å². The van der Waals surface area contributed by atoms with Gasteiger partial charge in [0.2, 0.25) is 0 Å². The molecule has 5 heteroatoms. The van der Waals surface area contributed by atoms with Crippen molar-refractivity contribution in [1.82, 2.24) is 19.7 Å². The molecule has 2 heterocycles. The first-order valence-corrected chi connectivity index (χ1v) is 9.11. The molecule has 0 N–H and O–H groups in total. The van der Waals surface area contributed by atoms with Gasteiger partial charge in [0.1, 0.15) is 5.69 Å². The highest BCUT2D eigenvalue weighted by Gasteiger charge is 2.35. The van der Waals surface area contributed by atoms with Crippen molar-refractivity contribution >= 4 is 5.91 Å². The largest absolute Gasteiger partial charge is 0.331 e. The zero-order valence-corrected chi connectivity index (χ0v) is 14.0. The maximum atomic E-state index is 13.3. The standard InChI is InChI=1S/C19H24N4O/c24-19(18-14-17(10-12-20-18)22-13-5-11-21-22)23(15-6-1-2-7-15)16-8-3-4-9-16/h5,10-16H,1-4,6-9H2. The first kappa shape index (κ1) is 15.4. The van der Waals surface area contributed by atoms with Crippen LogP contribution in [-0.4, -0.2) is 37.7 Å². The summed E-state index contributed by atoms with van der Waals surface area (Å²) >= 11 is 0. The van der Waals surface area contributed by atoms with Crippen molar-refractivity contribution in [2.45, 2.75) is 63.5 Å². The number of carbonyl (C=O) groups is 1. The minimum Gasteiger partial charge on any atom is -0.331 e. The van der Waals surface area contributed by atoms with Gasteiger partial charge in [0, 0.05) is 30.7 Å². The van der Waals surface area contributed by atoms with E-state index < -0.39 is 0 Å². The van der Waals surface area contributed by atoms with Crippen molar-refractivity contribution in [3.05, 3.63) is 42.5 Å². The molecule has 2 aromatic heterocycles. The summed E-state index contributed by atoms with van der Waals surface area (Å²) in [5, 5.41) is 4.25. The van der Waals surface area contributed by atoms with Crippen LogP contribution < -0.4 is 0 Å². The first-order chi connectivity index (χ1) is 11.8. The molecule has 1 amide bonds. The van der Waals surface area contributed by atoms with E-state index in [1.54, 1.807) is 17.1 Å². The van der Waals surface area contributed by atoms with Gasteiger partial charge < -0.3 is 4.90 Å². The lowest BCUT2D eigenvalue weighted by molar-refractivity contribution is 0.0574. The molecule has 2 aromatic rings. The molecule has 0 spiro atoms. The van der Waals surface area contributed by atoms with Crippen molar-refractivity contribution in [3.63, 3.8) is 0 Å². The van der Waals surface area contributed by atoms with E-state index in [-0.39, 0.29) is 5.91 Å². The molecule has 0 atom stereocenters. The molecule has 5 nitrogen and oxygen atoms in total. The SMILES string of the molecule is O=C(c1cc(-n2cccn2)ccn1)N(C1CCCC1)C1CCCC1. The molecule has 0 bridgehead atoms. The molecule has 0 aliphatic heterocycles. The van der Waals surface area contributed by atoms with Gasteiger partial charge >= 0.3 is 0 Å². The lowest BCUT2D eigenvalue weighted by Gasteiger charge is -2.34. The minimum atomic E-state index is 0.0998. The summed E-state index contributed by atoms with van der Waals surface area (Å²) in [6.07, 6.45) is 14.9. The monoisotopic (exact) mass is 324 g/mol. The molecule has 0 unspecified atom stereocenters. The van der Waals surface area contributed by atoms with Crippen LogP contribution >= 0.6 is 0 Å². The van der Waals surface area contributed by atoms with E-state index in [1.807, 2.05) is 24.4 Å². The van der Waals surface area contributed by atoms with Gasteiger partial charge in [-0.3, -0.25) is 9.78 Å². The number of rotatable bonds is 4. The minimum absolute atomic E-state index is 0.0998. The average molecular weight is 324 g/mol. The number of amides is 1. The molecule has 2 aliphatic rings. The molecule has 2 aliphatic carbocycles. The Morgan fingerprint density at radius 3 is 2.29 bits per heavy atom. The van der Waals surface area contributed by atoms with E-state index in [9.17, 15) is 4.79 Å². The van der Waals surface area contributed by atoms with Crippen LogP contribution in [0.4, 0.5) is 0 Å². The second-order valence-corrected chi connectivity index (χ2v) is 6.94. The van der Waals surface area contributed by atoms with Crippen LogP contribution in [0, 0.1) is 0 Å². The van der Waals surface area contributed by atoms with Crippen molar-refractivity contribution in [1.29, 1.82) is 0 Å². The average Bonchev–Trinajstić information content (AvgIpc) is 3.38. The third kappa shape index (κ3) is 2.95. The van der Waals surface area contributed by atoms with Crippen molar-refractivity contribution < 1.29 is 4.79 Å². The van der Waals surface area contributed by atoms with Crippen molar-refractivity contribution in [3.8, 4) is 5.69 Å². The lowest BCUT2D eigenvalue weighted by Crippen LogP contribution is -2.45. The zero-order valence-electron chi connectivity index (χ0n) is 14.0. The molecule has 0 radical (unpaired) electrons. The van der Waals surface area contributed by atoms with Crippen LogP contribution in [0.3, 0.4) is 0 Å². The highest BCUT2D eigenvalue weighted by Crippen LogP contribution is 2.32. The van der Waals surface area contributed by atoms with E-state index in [4.69, 9.17) is 0 Å². The lowest BCUT2D eigenvalue weighted by atomic mass is 10.1. The maximum Gasteiger partial charge on any atom is 0.273 e. The maximum absolute atomic E-state index is 13.3. The van der Waals surface area contributed by atoms with Gasteiger partial charge in [-0.25, -0.2) is 4.68 Å². The second kappa shape index (κ2) is 6.75. The predicted molar refractivity (Wildman–Crippen MR) is 92.0 cm³/mol. The van der Waals surface area contributed by atoms with Crippen molar-refractivity contribution in [2.24, 2.45) is 0 Å². The number of nitrogens with zero attached hydrogens (tertiary/aromatic N) is 4. The molecular formula is C19H24N4O. The molecule has 126 valence electrons. The van der Waals surface area contributed by atoms with Gasteiger partial charge in [-0.1, -0.05) is 25.7 Å². The summed E-state index contributed by atoms with van der Waals surface area (Å²) in [5.41, 5.74) is 1.43. The molecule has 2 saturated carbocycles. The normalized spacial score (nSPS) is 19.0. The van der Waals surface area contributed by atoms with E-state index in [2.05, 4.69) is 15.0 Å². The summed E-state index contributed by atoms with van der Waals surface area (Å²) < 4.78 is 1.77. The summed E-state index contributed by atoms with van der Waals surface area (Å²) in [6.45, 7) is 0. The number of hydrogen-bond acceptors (Lipinski definition) is 3. The first-order valence-electron chi connectivity index (χ1n) is 9.11. The molecule has 0 aromatic carbocycles. The van der Waals surface area contributed by atoms with Gasteiger partial charge in [0.15, 0.2) is 0 Å². The Kier molecular flexibility index (Phi) is 4.32. The Morgan fingerprint density at radius 2 is 1.71 bits per heavy atom. The van der Waals surface area contributed by atoms with Crippen LogP contribution in [-0.2, 0) is 0 Å². The third-order valence-electron chi connectivity index (χ3n) is 5.40. The van der Waals surface area contributed by atoms with Crippen molar-refractivity contribution in [2.75, 3.05) is 0 Å². The predicted octanol–water partition coefficient (Wildman–Crippen LogP) is 3.59. The summed E-state index contributed by atoms with van der Waals surface area (Å²) in [7, 11) is 0. The summed E-state index contributed by atoms with van der Waals surface area (Å²) in [6, 6.07) is 6.43. The van der Waals surface area contributed by atoms with Gasteiger partial charge in [-0.05, 0) is 43.9 Å². The van der Waals surface area contributed by atoms with E-state index in [1.165, 1.54) is 25.7 Å². The van der Waals surface area contributed by atoms with Crippen LogP contribution in [0.2, 0.25) is 0 Å².